The van der Waals surface area contributed by atoms with Crippen LogP contribution in [0.2, 0.25) is 0 Å². The lowest BCUT2D eigenvalue weighted by Gasteiger charge is -2.15. The SMILES string of the molecule is CCN1CC[C@@H](CNC(=O)NCc2ccccc2Cn2cncn2)C1. The summed E-state index contributed by atoms with van der Waals surface area (Å²) in [5.41, 5.74) is 2.22. The Labute approximate surface area is 148 Å². The molecule has 0 aliphatic carbocycles. The fourth-order valence-corrected chi connectivity index (χ4v) is 3.21. The lowest BCUT2D eigenvalue weighted by molar-refractivity contribution is 0.238. The summed E-state index contributed by atoms with van der Waals surface area (Å²) in [4.78, 5) is 18.5. The van der Waals surface area contributed by atoms with Crippen molar-refractivity contribution < 1.29 is 4.79 Å². The minimum Gasteiger partial charge on any atom is -0.338 e. The average Bonchev–Trinajstić information content (AvgIpc) is 3.30. The number of nitrogens with zero attached hydrogens (tertiary/aromatic N) is 4. The molecule has 1 aromatic carbocycles. The Bertz CT molecular complexity index is 672. The highest BCUT2D eigenvalue weighted by molar-refractivity contribution is 5.73. The zero-order valence-electron chi connectivity index (χ0n) is 14.7. The second-order valence-corrected chi connectivity index (χ2v) is 6.47. The van der Waals surface area contributed by atoms with Crippen LogP contribution in [0.3, 0.4) is 0 Å². The molecule has 1 fully saturated rings. The molecule has 2 N–H and O–H groups in total. The smallest absolute Gasteiger partial charge is 0.315 e. The fourth-order valence-electron chi connectivity index (χ4n) is 3.21. The van der Waals surface area contributed by atoms with Crippen LogP contribution in [0.5, 0.6) is 0 Å². The number of amides is 2. The van der Waals surface area contributed by atoms with Crippen molar-refractivity contribution in [1.29, 1.82) is 0 Å². The van der Waals surface area contributed by atoms with Crippen LogP contribution in [0.4, 0.5) is 4.79 Å². The average molecular weight is 342 g/mol. The van der Waals surface area contributed by atoms with E-state index in [1.165, 1.54) is 6.33 Å². The van der Waals surface area contributed by atoms with E-state index in [1.54, 1.807) is 11.0 Å². The molecule has 2 aromatic rings. The number of likely N-dealkylation sites (tertiary alicyclic amines) is 1. The maximum Gasteiger partial charge on any atom is 0.315 e. The number of rotatable bonds is 7. The Hall–Kier alpha value is -2.41. The summed E-state index contributed by atoms with van der Waals surface area (Å²) in [6.07, 6.45) is 4.38. The summed E-state index contributed by atoms with van der Waals surface area (Å²) < 4.78 is 1.78. The van der Waals surface area contributed by atoms with Crippen molar-refractivity contribution in [3.63, 3.8) is 0 Å². The molecule has 0 spiro atoms. The van der Waals surface area contributed by atoms with Gasteiger partial charge in [-0.25, -0.2) is 14.5 Å². The van der Waals surface area contributed by atoms with Crippen LogP contribution in [0, 0.1) is 5.92 Å². The van der Waals surface area contributed by atoms with Crippen LogP contribution in [0.1, 0.15) is 24.5 Å². The molecular weight excluding hydrogens is 316 g/mol. The minimum atomic E-state index is -0.106. The highest BCUT2D eigenvalue weighted by Gasteiger charge is 2.21. The van der Waals surface area contributed by atoms with Crippen LogP contribution < -0.4 is 10.6 Å². The molecule has 2 amide bonds. The third-order valence-electron chi connectivity index (χ3n) is 4.73. The van der Waals surface area contributed by atoms with Crippen molar-refractivity contribution in [3.05, 3.63) is 48.0 Å². The first-order valence-corrected chi connectivity index (χ1v) is 8.88. The number of nitrogens with one attached hydrogen (secondary N) is 2. The molecule has 7 heteroatoms. The van der Waals surface area contributed by atoms with Gasteiger partial charge >= 0.3 is 6.03 Å². The van der Waals surface area contributed by atoms with Crippen LogP contribution in [0.25, 0.3) is 0 Å². The number of carbonyl (C=O) groups excluding carboxylic acids is 1. The van der Waals surface area contributed by atoms with E-state index < -0.39 is 0 Å². The molecule has 0 radical (unpaired) electrons. The molecule has 0 unspecified atom stereocenters. The van der Waals surface area contributed by atoms with Crippen molar-refractivity contribution in [2.75, 3.05) is 26.2 Å². The molecule has 3 rings (SSSR count). The van der Waals surface area contributed by atoms with Gasteiger partial charge in [-0.15, -0.1) is 0 Å². The maximum absolute atomic E-state index is 12.1. The van der Waals surface area contributed by atoms with Gasteiger partial charge in [0.2, 0.25) is 0 Å². The molecule has 1 saturated heterocycles. The number of aromatic nitrogens is 3. The molecule has 0 saturated carbocycles. The van der Waals surface area contributed by atoms with E-state index in [2.05, 4.69) is 38.6 Å². The van der Waals surface area contributed by atoms with Gasteiger partial charge in [0.05, 0.1) is 6.54 Å². The normalized spacial score (nSPS) is 17.6. The number of carbonyl (C=O) groups is 1. The summed E-state index contributed by atoms with van der Waals surface area (Å²) in [5, 5.41) is 10.1. The summed E-state index contributed by atoms with van der Waals surface area (Å²) in [7, 11) is 0. The molecule has 0 bridgehead atoms. The summed E-state index contributed by atoms with van der Waals surface area (Å²) >= 11 is 0. The van der Waals surface area contributed by atoms with Crippen molar-refractivity contribution in [1.82, 2.24) is 30.3 Å². The van der Waals surface area contributed by atoms with Gasteiger partial charge in [-0.05, 0) is 36.6 Å². The molecule has 1 aliphatic heterocycles. The second-order valence-electron chi connectivity index (χ2n) is 6.47. The number of hydrogen-bond acceptors (Lipinski definition) is 4. The summed E-state index contributed by atoms with van der Waals surface area (Å²) in [5.74, 6) is 0.560. The van der Waals surface area contributed by atoms with E-state index in [-0.39, 0.29) is 6.03 Å². The van der Waals surface area contributed by atoms with Gasteiger partial charge in [0.25, 0.3) is 0 Å². The van der Waals surface area contributed by atoms with E-state index in [1.807, 2.05) is 18.2 Å². The zero-order valence-corrected chi connectivity index (χ0v) is 14.7. The van der Waals surface area contributed by atoms with Gasteiger partial charge in [-0.2, -0.15) is 5.10 Å². The molecule has 134 valence electrons. The van der Waals surface area contributed by atoms with E-state index in [0.717, 1.165) is 43.7 Å². The van der Waals surface area contributed by atoms with Crippen molar-refractivity contribution in [3.8, 4) is 0 Å². The predicted molar refractivity (Wildman–Crippen MR) is 96.0 cm³/mol. The first-order valence-electron chi connectivity index (χ1n) is 8.88. The Kier molecular flexibility index (Phi) is 6.00. The third kappa shape index (κ3) is 5.03. The van der Waals surface area contributed by atoms with Gasteiger partial charge in [-0.1, -0.05) is 31.2 Å². The monoisotopic (exact) mass is 342 g/mol. The lowest BCUT2D eigenvalue weighted by Crippen LogP contribution is -2.38. The highest BCUT2D eigenvalue weighted by Crippen LogP contribution is 2.14. The number of hydrogen-bond donors (Lipinski definition) is 2. The minimum absolute atomic E-state index is 0.106. The van der Waals surface area contributed by atoms with E-state index in [0.29, 0.717) is 19.0 Å². The molecule has 1 atom stereocenters. The van der Waals surface area contributed by atoms with E-state index in [9.17, 15) is 4.79 Å². The van der Waals surface area contributed by atoms with Crippen molar-refractivity contribution in [2.24, 2.45) is 5.92 Å². The van der Waals surface area contributed by atoms with Gasteiger partial charge in [0.1, 0.15) is 12.7 Å². The molecule has 1 aromatic heterocycles. The molecule has 2 heterocycles. The van der Waals surface area contributed by atoms with Gasteiger partial charge in [0, 0.05) is 19.6 Å². The van der Waals surface area contributed by atoms with Gasteiger partial charge < -0.3 is 15.5 Å². The quantitative estimate of drug-likeness (QED) is 0.799. The first-order chi connectivity index (χ1) is 12.2. The standard InChI is InChI=1S/C18H26N6O/c1-2-23-8-7-15(11-23)9-20-18(25)21-10-16-5-3-4-6-17(16)12-24-14-19-13-22-24/h3-6,13-15H,2,7-12H2,1H3,(H2,20,21,25)/t15-/m0/s1. The number of urea groups is 1. The predicted octanol–water partition coefficient (Wildman–Crippen LogP) is 1.47. The molecule has 1 aliphatic rings. The Balaban J connectivity index is 1.46. The summed E-state index contributed by atoms with van der Waals surface area (Å²) in [6.45, 7) is 7.38. The van der Waals surface area contributed by atoms with Gasteiger partial charge in [-0.3, -0.25) is 0 Å². The second kappa shape index (κ2) is 8.62. The maximum atomic E-state index is 12.1. The van der Waals surface area contributed by atoms with Crippen LogP contribution >= 0.6 is 0 Å². The highest BCUT2D eigenvalue weighted by atomic mass is 16.2. The zero-order chi connectivity index (χ0) is 17.5. The fraction of sp³-hybridized carbons (Fsp3) is 0.500. The number of benzene rings is 1. The molecule has 25 heavy (non-hydrogen) atoms. The lowest BCUT2D eigenvalue weighted by atomic mass is 10.1. The van der Waals surface area contributed by atoms with Crippen LogP contribution in [-0.2, 0) is 13.1 Å². The van der Waals surface area contributed by atoms with E-state index >= 15 is 0 Å². The van der Waals surface area contributed by atoms with Gasteiger partial charge in [0.15, 0.2) is 0 Å². The Morgan fingerprint density at radius 3 is 2.84 bits per heavy atom. The topological polar surface area (TPSA) is 75.1 Å². The van der Waals surface area contributed by atoms with Crippen LogP contribution in [0.15, 0.2) is 36.9 Å². The van der Waals surface area contributed by atoms with Crippen molar-refractivity contribution >= 4 is 6.03 Å². The van der Waals surface area contributed by atoms with Crippen LogP contribution in [-0.4, -0.2) is 51.9 Å². The Morgan fingerprint density at radius 1 is 1.28 bits per heavy atom. The third-order valence-corrected chi connectivity index (χ3v) is 4.73. The largest absolute Gasteiger partial charge is 0.338 e. The molecule has 7 nitrogen and oxygen atoms in total. The van der Waals surface area contributed by atoms with E-state index in [4.69, 9.17) is 0 Å². The first kappa shape index (κ1) is 17.4. The molecular formula is C18H26N6O. The summed E-state index contributed by atoms with van der Waals surface area (Å²) in [6, 6.07) is 7.95. The van der Waals surface area contributed by atoms with Crippen molar-refractivity contribution in [2.45, 2.75) is 26.4 Å². The Morgan fingerprint density at radius 2 is 2.12 bits per heavy atom.